The van der Waals surface area contributed by atoms with Gasteiger partial charge in [-0.05, 0) is 59.6 Å². The van der Waals surface area contributed by atoms with Crippen molar-refractivity contribution in [2.75, 3.05) is 6.54 Å². The molecule has 2 amide bonds. The smallest absolute Gasteiger partial charge is 0.278 e. The van der Waals surface area contributed by atoms with Crippen molar-refractivity contribution < 1.29 is 14.2 Å². The highest BCUT2D eigenvalue weighted by Crippen LogP contribution is 2.25. The fourth-order valence-corrected chi connectivity index (χ4v) is 4.10. The van der Waals surface area contributed by atoms with Crippen LogP contribution >= 0.6 is 11.3 Å². The number of fused-ring (bicyclic) bond motifs is 1. The van der Waals surface area contributed by atoms with E-state index in [-0.39, 0.29) is 17.5 Å². The summed E-state index contributed by atoms with van der Waals surface area (Å²) in [5, 5.41) is 12.3. The van der Waals surface area contributed by atoms with Gasteiger partial charge < -0.3 is 10.2 Å². The van der Waals surface area contributed by atoms with E-state index in [2.05, 4.69) is 25.2 Å². The molecule has 30 heavy (non-hydrogen) atoms. The summed E-state index contributed by atoms with van der Waals surface area (Å²) in [5.74, 6) is -0.351. The molecule has 0 saturated heterocycles. The largest absolute Gasteiger partial charge is 0.348 e. The summed E-state index contributed by atoms with van der Waals surface area (Å²) in [7, 11) is 0. The molecular weight excluding hydrogens is 402 g/mol. The predicted octanol–water partition coefficient (Wildman–Crippen LogP) is 2.67. The number of carbonyl (C=O) groups is 2. The molecule has 0 spiro atoms. The van der Waals surface area contributed by atoms with Crippen LogP contribution in [0.2, 0.25) is 0 Å². The first-order valence-electron chi connectivity index (χ1n) is 9.57. The van der Waals surface area contributed by atoms with Crippen molar-refractivity contribution in [3.05, 3.63) is 68.4 Å². The first kappa shape index (κ1) is 20.0. The Bertz CT molecular complexity index is 1100. The molecule has 0 saturated carbocycles. The summed E-state index contributed by atoms with van der Waals surface area (Å²) in [6.07, 6.45) is 5.83. The Balaban J connectivity index is 1.46. The summed E-state index contributed by atoms with van der Waals surface area (Å²) >= 11 is 1.58. The normalized spacial score (nSPS) is 13.5. The monoisotopic (exact) mass is 423 g/mol. The lowest BCUT2D eigenvalue weighted by molar-refractivity contribution is -0.116. The first-order chi connectivity index (χ1) is 14.5. The van der Waals surface area contributed by atoms with Gasteiger partial charge in [0.2, 0.25) is 5.91 Å². The molecule has 1 N–H and O–H groups in total. The van der Waals surface area contributed by atoms with Crippen molar-refractivity contribution in [1.29, 1.82) is 0 Å². The van der Waals surface area contributed by atoms with E-state index < -0.39 is 0 Å². The molecule has 0 fully saturated rings. The van der Waals surface area contributed by atoms with Crippen molar-refractivity contribution >= 4 is 29.2 Å². The lowest BCUT2D eigenvalue weighted by Gasteiger charge is -2.30. The van der Waals surface area contributed by atoms with E-state index in [9.17, 15) is 9.59 Å². The zero-order valence-electron chi connectivity index (χ0n) is 16.7. The predicted molar refractivity (Wildman–Crippen MR) is 112 cm³/mol. The molecule has 0 aliphatic carbocycles. The molecule has 0 atom stereocenters. The maximum Gasteiger partial charge on any atom is 0.278 e. The van der Waals surface area contributed by atoms with E-state index in [1.54, 1.807) is 41.5 Å². The molecule has 3 aromatic heterocycles. The molecule has 0 unspecified atom stereocenters. The number of aromatic nitrogens is 3. The van der Waals surface area contributed by atoms with Gasteiger partial charge in [-0.3, -0.25) is 14.6 Å². The molecule has 1 aliphatic heterocycles. The zero-order valence-corrected chi connectivity index (χ0v) is 17.5. The average molecular weight is 423 g/mol. The number of amides is 2. The van der Waals surface area contributed by atoms with E-state index in [0.29, 0.717) is 31.7 Å². The van der Waals surface area contributed by atoms with Crippen molar-refractivity contribution in [2.24, 2.45) is 0 Å². The summed E-state index contributed by atoms with van der Waals surface area (Å²) in [6, 6.07) is 3.90. The number of thiophene rings is 1. The van der Waals surface area contributed by atoms with E-state index in [1.807, 2.05) is 24.4 Å². The quantitative estimate of drug-likeness (QED) is 0.633. The number of hydrogen-bond donors (Lipinski definition) is 1. The molecule has 3 aromatic rings. The van der Waals surface area contributed by atoms with Crippen LogP contribution in [0.25, 0.3) is 6.08 Å². The Labute approximate surface area is 177 Å². The van der Waals surface area contributed by atoms with Gasteiger partial charge in [-0.1, -0.05) is 11.2 Å². The van der Waals surface area contributed by atoms with Crippen LogP contribution in [0, 0.1) is 13.8 Å². The molecule has 8 nitrogen and oxygen atoms in total. The first-order valence-corrected chi connectivity index (χ1v) is 10.4. The fraction of sp³-hybridized carbons (Fsp3) is 0.286. The van der Waals surface area contributed by atoms with Crippen molar-refractivity contribution in [3.8, 4) is 0 Å². The minimum Gasteiger partial charge on any atom is -0.348 e. The minimum absolute atomic E-state index is 0.151. The fourth-order valence-electron chi connectivity index (χ4n) is 3.48. The molecule has 1 aliphatic rings. The van der Waals surface area contributed by atoms with Gasteiger partial charge in [0.25, 0.3) is 5.91 Å². The van der Waals surface area contributed by atoms with Crippen LogP contribution in [-0.4, -0.2) is 38.6 Å². The van der Waals surface area contributed by atoms with Crippen molar-refractivity contribution in [1.82, 2.24) is 25.5 Å². The van der Waals surface area contributed by atoms with Crippen molar-refractivity contribution in [2.45, 2.75) is 33.4 Å². The number of aryl methyl sites for hydroxylation is 2. The number of carbonyl (C=O) groups excluding carboxylic acids is 2. The van der Waals surface area contributed by atoms with Gasteiger partial charge in [-0.2, -0.15) is 0 Å². The topological polar surface area (TPSA) is 101 Å². The number of hydrogen-bond acceptors (Lipinski definition) is 7. The number of pyridine rings is 1. The highest BCUT2D eigenvalue weighted by atomic mass is 32.1. The molecule has 4 rings (SSSR count). The summed E-state index contributed by atoms with van der Waals surface area (Å²) in [4.78, 5) is 32.1. The maximum atomic E-state index is 12.7. The van der Waals surface area contributed by atoms with Crippen molar-refractivity contribution in [3.63, 3.8) is 0 Å². The Hall–Kier alpha value is -3.33. The lowest BCUT2D eigenvalue weighted by Crippen LogP contribution is -2.37. The van der Waals surface area contributed by atoms with Crippen LogP contribution in [0.5, 0.6) is 0 Å². The third kappa shape index (κ3) is 4.16. The molecule has 4 heterocycles. The number of rotatable bonds is 5. The van der Waals surface area contributed by atoms with Gasteiger partial charge in [-0.15, -0.1) is 11.3 Å². The molecule has 0 bridgehead atoms. The van der Waals surface area contributed by atoms with E-state index in [0.717, 1.165) is 27.3 Å². The molecule has 0 radical (unpaired) electrons. The molecule has 0 aromatic carbocycles. The van der Waals surface area contributed by atoms with Gasteiger partial charge in [-0.25, -0.2) is 4.63 Å². The average Bonchev–Trinajstić information content (AvgIpc) is 3.42. The molecule has 154 valence electrons. The summed E-state index contributed by atoms with van der Waals surface area (Å²) in [6.45, 7) is 5.02. The highest BCUT2D eigenvalue weighted by Gasteiger charge is 2.27. The van der Waals surface area contributed by atoms with Gasteiger partial charge in [0.15, 0.2) is 5.69 Å². The van der Waals surface area contributed by atoms with Crippen LogP contribution < -0.4 is 5.32 Å². The van der Waals surface area contributed by atoms with Crippen LogP contribution in [0.3, 0.4) is 0 Å². The van der Waals surface area contributed by atoms with Crippen LogP contribution in [0.15, 0.2) is 34.4 Å². The third-order valence-electron chi connectivity index (χ3n) is 5.12. The second-order valence-electron chi connectivity index (χ2n) is 7.07. The minimum atomic E-state index is -0.200. The van der Waals surface area contributed by atoms with Crippen LogP contribution in [0.1, 0.15) is 43.4 Å². The van der Waals surface area contributed by atoms with E-state index in [1.165, 1.54) is 0 Å². The third-order valence-corrected chi connectivity index (χ3v) is 5.96. The highest BCUT2D eigenvalue weighted by molar-refractivity contribution is 7.10. The molecular formula is C21H21N5O3S. The summed E-state index contributed by atoms with van der Waals surface area (Å²) in [5.41, 5.74) is 4.73. The van der Waals surface area contributed by atoms with Gasteiger partial charge in [0.05, 0.1) is 0 Å². The Kier molecular flexibility index (Phi) is 5.71. The zero-order chi connectivity index (χ0) is 21.1. The van der Waals surface area contributed by atoms with Gasteiger partial charge in [0.1, 0.15) is 5.69 Å². The van der Waals surface area contributed by atoms with E-state index >= 15 is 0 Å². The number of nitrogens with zero attached hydrogens (tertiary/aromatic N) is 4. The lowest BCUT2D eigenvalue weighted by atomic mass is 9.94. The standard InChI is InChI=1S/C21H21N5O3S/c1-13-18(11-23-19(27)6-5-16-4-3-9-30-16)17-7-8-26(12-15(17)10-22-13)21(28)20-14(2)24-29-25-20/h3-6,9-10H,7-8,11-12H2,1-2H3,(H,23,27)/b6-5+. The van der Waals surface area contributed by atoms with Crippen LogP contribution in [-0.2, 0) is 24.3 Å². The summed E-state index contributed by atoms with van der Waals surface area (Å²) < 4.78 is 4.65. The Morgan fingerprint density at radius 3 is 2.90 bits per heavy atom. The number of nitrogens with one attached hydrogen (secondary N) is 1. The second kappa shape index (κ2) is 8.58. The SMILES string of the molecule is Cc1nonc1C(=O)N1CCc2c(cnc(C)c2CNC(=O)/C=C/c2cccs2)C1. The Morgan fingerprint density at radius 2 is 2.17 bits per heavy atom. The molecule has 9 heteroatoms. The maximum absolute atomic E-state index is 12.7. The Morgan fingerprint density at radius 1 is 1.30 bits per heavy atom. The van der Waals surface area contributed by atoms with Crippen LogP contribution in [0.4, 0.5) is 0 Å². The van der Waals surface area contributed by atoms with Gasteiger partial charge >= 0.3 is 0 Å². The van der Waals surface area contributed by atoms with Gasteiger partial charge in [0, 0.05) is 42.5 Å². The van der Waals surface area contributed by atoms with E-state index in [4.69, 9.17) is 0 Å². The second-order valence-corrected chi connectivity index (χ2v) is 8.05.